The molecule has 0 spiro atoms. The molecule has 0 saturated heterocycles. The van der Waals surface area contributed by atoms with Gasteiger partial charge in [0.15, 0.2) is 0 Å². The van der Waals surface area contributed by atoms with Crippen LogP contribution in [0.5, 0.6) is 0 Å². The summed E-state index contributed by atoms with van der Waals surface area (Å²) in [6.45, 7) is 7.75. The van der Waals surface area contributed by atoms with E-state index in [4.69, 9.17) is 4.74 Å². The van der Waals surface area contributed by atoms with Crippen molar-refractivity contribution in [2.24, 2.45) is 0 Å². The number of carbonyl (C=O) groups is 1. The van der Waals surface area contributed by atoms with Gasteiger partial charge in [-0.3, -0.25) is 4.79 Å². The van der Waals surface area contributed by atoms with Crippen LogP contribution in [-0.2, 0) is 9.53 Å². The number of hydrogen-bond donors (Lipinski definition) is 2. The first-order valence-electron chi connectivity index (χ1n) is 7.83. The second-order valence-electron chi connectivity index (χ2n) is 5.50. The molecule has 0 bridgehead atoms. The lowest BCUT2D eigenvalue weighted by Crippen LogP contribution is -2.44. The predicted octanol–water partition coefficient (Wildman–Crippen LogP) is 2.23. The zero-order chi connectivity index (χ0) is 14.1. The molecule has 0 heterocycles. The number of rotatable bonds is 8. The van der Waals surface area contributed by atoms with Gasteiger partial charge in [-0.15, -0.1) is 0 Å². The smallest absolute Gasteiger partial charge is 0.249 e. The highest BCUT2D eigenvalue weighted by Gasteiger charge is 2.23. The first-order chi connectivity index (χ1) is 9.17. The standard InChI is InChI=1S/C15H30N2O2/c1-4-14(19-13-9-7-6-8-10-13)15(18)17-11-12(3)16-5-2/h12-14,16H,4-11H2,1-3H3,(H,17,18)/t12-,14?/m1/s1. The molecule has 0 aromatic heterocycles. The van der Waals surface area contributed by atoms with Gasteiger partial charge in [-0.25, -0.2) is 0 Å². The topological polar surface area (TPSA) is 50.4 Å². The van der Waals surface area contributed by atoms with Crippen LogP contribution in [-0.4, -0.2) is 37.2 Å². The van der Waals surface area contributed by atoms with Gasteiger partial charge in [0.25, 0.3) is 0 Å². The van der Waals surface area contributed by atoms with E-state index in [1.807, 2.05) is 6.92 Å². The van der Waals surface area contributed by atoms with E-state index in [0.717, 1.165) is 25.8 Å². The minimum atomic E-state index is -0.281. The summed E-state index contributed by atoms with van der Waals surface area (Å²) in [5, 5.41) is 6.27. The number of amides is 1. The third-order valence-electron chi connectivity index (χ3n) is 3.71. The molecule has 0 aromatic rings. The summed E-state index contributed by atoms with van der Waals surface area (Å²) < 4.78 is 5.96. The second kappa shape index (κ2) is 9.32. The first kappa shape index (κ1) is 16.4. The highest BCUT2D eigenvalue weighted by Crippen LogP contribution is 2.22. The van der Waals surface area contributed by atoms with Crippen LogP contribution < -0.4 is 10.6 Å². The third-order valence-corrected chi connectivity index (χ3v) is 3.71. The molecule has 1 unspecified atom stereocenters. The van der Waals surface area contributed by atoms with Crippen LogP contribution in [0.3, 0.4) is 0 Å². The van der Waals surface area contributed by atoms with Crippen molar-refractivity contribution in [2.75, 3.05) is 13.1 Å². The Morgan fingerprint density at radius 3 is 2.53 bits per heavy atom. The van der Waals surface area contributed by atoms with Gasteiger partial charge in [0.1, 0.15) is 6.10 Å². The molecule has 1 saturated carbocycles. The summed E-state index contributed by atoms with van der Waals surface area (Å²) in [6.07, 6.45) is 6.75. The summed E-state index contributed by atoms with van der Waals surface area (Å²) in [5.74, 6) is 0.0397. The van der Waals surface area contributed by atoms with Gasteiger partial charge < -0.3 is 15.4 Å². The molecule has 1 fully saturated rings. The van der Waals surface area contributed by atoms with Crippen molar-refractivity contribution in [3.05, 3.63) is 0 Å². The molecule has 4 nitrogen and oxygen atoms in total. The molecule has 0 aromatic carbocycles. The van der Waals surface area contributed by atoms with Gasteiger partial charge >= 0.3 is 0 Å². The van der Waals surface area contributed by atoms with Crippen LogP contribution in [0.25, 0.3) is 0 Å². The molecule has 0 radical (unpaired) electrons. The van der Waals surface area contributed by atoms with E-state index in [0.29, 0.717) is 12.6 Å². The SMILES string of the molecule is CCN[C@H](C)CNC(=O)C(CC)OC1CCCCC1. The van der Waals surface area contributed by atoms with E-state index < -0.39 is 0 Å². The van der Waals surface area contributed by atoms with Crippen molar-refractivity contribution in [1.82, 2.24) is 10.6 Å². The summed E-state index contributed by atoms with van der Waals surface area (Å²) in [4.78, 5) is 12.1. The maximum absolute atomic E-state index is 12.1. The largest absolute Gasteiger partial charge is 0.365 e. The van der Waals surface area contributed by atoms with Crippen LogP contribution in [0.15, 0.2) is 0 Å². The van der Waals surface area contributed by atoms with Crippen molar-refractivity contribution in [1.29, 1.82) is 0 Å². The molecule has 2 N–H and O–H groups in total. The summed E-state index contributed by atoms with van der Waals surface area (Å²) in [7, 11) is 0. The lowest BCUT2D eigenvalue weighted by atomic mass is 9.97. The molecule has 0 aliphatic heterocycles. The molecule has 4 heteroatoms. The van der Waals surface area contributed by atoms with Crippen molar-refractivity contribution in [2.45, 2.75) is 77.5 Å². The first-order valence-corrected chi connectivity index (χ1v) is 7.83. The van der Waals surface area contributed by atoms with Gasteiger partial charge in [0.2, 0.25) is 5.91 Å². The van der Waals surface area contributed by atoms with Gasteiger partial charge in [-0.2, -0.15) is 0 Å². The van der Waals surface area contributed by atoms with Crippen LogP contribution in [0, 0.1) is 0 Å². The molecule has 1 rings (SSSR count). The maximum Gasteiger partial charge on any atom is 0.249 e. The molecule has 112 valence electrons. The van der Waals surface area contributed by atoms with E-state index in [1.54, 1.807) is 0 Å². The van der Waals surface area contributed by atoms with Crippen LogP contribution in [0.1, 0.15) is 59.3 Å². The number of nitrogens with one attached hydrogen (secondary N) is 2. The molecule has 1 aliphatic carbocycles. The van der Waals surface area contributed by atoms with Gasteiger partial charge in [0.05, 0.1) is 6.10 Å². The molecule has 19 heavy (non-hydrogen) atoms. The van der Waals surface area contributed by atoms with Crippen LogP contribution in [0.4, 0.5) is 0 Å². The number of likely N-dealkylation sites (N-methyl/N-ethyl adjacent to an activating group) is 1. The lowest BCUT2D eigenvalue weighted by molar-refractivity contribution is -0.138. The van der Waals surface area contributed by atoms with Crippen molar-refractivity contribution < 1.29 is 9.53 Å². The van der Waals surface area contributed by atoms with E-state index in [9.17, 15) is 4.79 Å². The van der Waals surface area contributed by atoms with Crippen molar-refractivity contribution >= 4 is 5.91 Å². The quantitative estimate of drug-likeness (QED) is 0.711. The Labute approximate surface area is 117 Å². The summed E-state index contributed by atoms with van der Waals surface area (Å²) in [6, 6.07) is 0.307. The van der Waals surface area contributed by atoms with E-state index in [2.05, 4.69) is 24.5 Å². The molecule has 1 amide bonds. The van der Waals surface area contributed by atoms with Crippen LogP contribution >= 0.6 is 0 Å². The second-order valence-corrected chi connectivity index (χ2v) is 5.50. The average molecular weight is 270 g/mol. The van der Waals surface area contributed by atoms with Crippen molar-refractivity contribution in [3.8, 4) is 0 Å². The number of carbonyl (C=O) groups excluding carboxylic acids is 1. The lowest BCUT2D eigenvalue weighted by Gasteiger charge is -2.27. The van der Waals surface area contributed by atoms with Crippen molar-refractivity contribution in [3.63, 3.8) is 0 Å². The zero-order valence-corrected chi connectivity index (χ0v) is 12.7. The third kappa shape index (κ3) is 6.39. The Bertz CT molecular complexity index is 253. The fourth-order valence-electron chi connectivity index (χ4n) is 2.57. The number of ether oxygens (including phenoxy) is 1. The maximum atomic E-state index is 12.1. The zero-order valence-electron chi connectivity index (χ0n) is 12.7. The van der Waals surface area contributed by atoms with Gasteiger partial charge in [-0.1, -0.05) is 33.1 Å². The normalized spacial score (nSPS) is 19.9. The monoisotopic (exact) mass is 270 g/mol. The Balaban J connectivity index is 2.29. The molecule has 2 atom stereocenters. The fourth-order valence-corrected chi connectivity index (χ4v) is 2.57. The van der Waals surface area contributed by atoms with E-state index >= 15 is 0 Å². The Morgan fingerprint density at radius 2 is 1.95 bits per heavy atom. The highest BCUT2D eigenvalue weighted by molar-refractivity contribution is 5.80. The number of hydrogen-bond acceptors (Lipinski definition) is 3. The van der Waals surface area contributed by atoms with E-state index in [1.165, 1.54) is 19.3 Å². The van der Waals surface area contributed by atoms with Gasteiger partial charge in [-0.05, 0) is 32.7 Å². The average Bonchev–Trinajstić information content (AvgIpc) is 2.43. The Morgan fingerprint density at radius 1 is 1.26 bits per heavy atom. The fraction of sp³-hybridized carbons (Fsp3) is 0.933. The molecular weight excluding hydrogens is 240 g/mol. The molecular formula is C15H30N2O2. The Kier molecular flexibility index (Phi) is 8.07. The highest BCUT2D eigenvalue weighted by atomic mass is 16.5. The van der Waals surface area contributed by atoms with Crippen LogP contribution in [0.2, 0.25) is 0 Å². The predicted molar refractivity (Wildman–Crippen MR) is 78.2 cm³/mol. The minimum absolute atomic E-state index is 0.0397. The van der Waals surface area contributed by atoms with E-state index in [-0.39, 0.29) is 18.1 Å². The summed E-state index contributed by atoms with van der Waals surface area (Å²) in [5.41, 5.74) is 0. The Hall–Kier alpha value is -0.610. The summed E-state index contributed by atoms with van der Waals surface area (Å²) >= 11 is 0. The minimum Gasteiger partial charge on any atom is -0.365 e. The molecule has 1 aliphatic rings. The van der Waals surface area contributed by atoms with Gasteiger partial charge in [0, 0.05) is 12.6 Å².